The van der Waals surface area contributed by atoms with Gasteiger partial charge >= 0.3 is 0 Å². The van der Waals surface area contributed by atoms with Gasteiger partial charge in [-0.15, -0.1) is 0 Å². The van der Waals surface area contributed by atoms with Gasteiger partial charge in [0.1, 0.15) is 17.6 Å². The molecule has 1 aliphatic rings. The SMILES string of the molecule is COc1cc2ncnc(Oc3ccc(C4CCCn5c4c(C(N)=O)c(=O)n5-c4ccccc4)cc3Cl)c2cc1OC. The number of nitrogens with zero attached hydrogens (tertiary/aromatic N) is 4. The van der Waals surface area contributed by atoms with Crippen LogP contribution in [0.3, 0.4) is 0 Å². The van der Waals surface area contributed by atoms with Crippen LogP contribution < -0.4 is 25.5 Å². The molecule has 1 atom stereocenters. The lowest BCUT2D eigenvalue weighted by atomic mass is 9.87. The van der Waals surface area contributed by atoms with Gasteiger partial charge in [0.15, 0.2) is 11.5 Å². The summed E-state index contributed by atoms with van der Waals surface area (Å²) >= 11 is 6.74. The molecule has 0 fully saturated rings. The first-order chi connectivity index (χ1) is 19.9. The lowest BCUT2D eigenvalue weighted by Gasteiger charge is -2.27. The van der Waals surface area contributed by atoms with Gasteiger partial charge in [0.2, 0.25) is 5.88 Å². The van der Waals surface area contributed by atoms with Gasteiger partial charge in [0.05, 0.1) is 41.5 Å². The van der Waals surface area contributed by atoms with Crippen LogP contribution in [0.25, 0.3) is 16.6 Å². The van der Waals surface area contributed by atoms with Crippen LogP contribution in [0.15, 0.2) is 71.8 Å². The van der Waals surface area contributed by atoms with E-state index < -0.39 is 11.5 Å². The van der Waals surface area contributed by atoms with Gasteiger partial charge in [0, 0.05) is 18.5 Å². The molecule has 10 nitrogen and oxygen atoms in total. The maximum Gasteiger partial charge on any atom is 0.284 e. The molecule has 5 aromatic rings. The summed E-state index contributed by atoms with van der Waals surface area (Å²) in [5.74, 6) is 0.705. The number of hydrogen-bond acceptors (Lipinski definition) is 7. The van der Waals surface area contributed by atoms with Crippen LogP contribution in [0.1, 0.15) is 40.4 Å². The highest BCUT2D eigenvalue weighted by Gasteiger charge is 2.33. The molecule has 3 aromatic carbocycles. The third-order valence-electron chi connectivity index (χ3n) is 7.29. The maximum absolute atomic E-state index is 13.5. The van der Waals surface area contributed by atoms with Crippen molar-refractivity contribution in [1.29, 1.82) is 0 Å². The van der Waals surface area contributed by atoms with Gasteiger partial charge in [-0.2, -0.15) is 0 Å². The number of benzene rings is 3. The zero-order chi connectivity index (χ0) is 28.7. The van der Waals surface area contributed by atoms with Crippen LogP contribution in [0.5, 0.6) is 23.1 Å². The van der Waals surface area contributed by atoms with Crippen molar-refractivity contribution in [3.63, 3.8) is 0 Å². The van der Waals surface area contributed by atoms with Crippen molar-refractivity contribution in [3.8, 4) is 28.8 Å². The third kappa shape index (κ3) is 4.55. The Morgan fingerprint density at radius 1 is 1.00 bits per heavy atom. The number of carbonyl (C=O) groups is 1. The quantitative estimate of drug-likeness (QED) is 0.289. The number of ether oxygens (including phenoxy) is 3. The molecule has 41 heavy (non-hydrogen) atoms. The molecule has 208 valence electrons. The minimum Gasteiger partial charge on any atom is -0.493 e. The lowest BCUT2D eigenvalue weighted by Crippen LogP contribution is -2.26. The number of halogens is 1. The first-order valence-corrected chi connectivity index (χ1v) is 13.3. The predicted molar refractivity (Wildman–Crippen MR) is 154 cm³/mol. The van der Waals surface area contributed by atoms with E-state index in [1.165, 1.54) is 11.0 Å². The van der Waals surface area contributed by atoms with E-state index in [1.54, 1.807) is 38.5 Å². The highest BCUT2D eigenvalue weighted by Crippen LogP contribution is 2.41. The van der Waals surface area contributed by atoms with Crippen molar-refractivity contribution in [3.05, 3.63) is 99.2 Å². The number of para-hydroxylation sites is 1. The molecule has 0 radical (unpaired) electrons. The summed E-state index contributed by atoms with van der Waals surface area (Å²) in [7, 11) is 3.10. The number of amides is 1. The highest BCUT2D eigenvalue weighted by atomic mass is 35.5. The molecule has 0 saturated carbocycles. The molecule has 0 aliphatic carbocycles. The van der Waals surface area contributed by atoms with Crippen molar-refractivity contribution in [2.45, 2.75) is 25.3 Å². The van der Waals surface area contributed by atoms with Crippen molar-refractivity contribution in [1.82, 2.24) is 19.3 Å². The van der Waals surface area contributed by atoms with Crippen molar-refractivity contribution >= 4 is 28.4 Å². The van der Waals surface area contributed by atoms with Crippen LogP contribution in [-0.2, 0) is 6.54 Å². The van der Waals surface area contributed by atoms with E-state index in [1.807, 2.05) is 41.1 Å². The summed E-state index contributed by atoms with van der Waals surface area (Å²) in [5, 5.41) is 0.965. The van der Waals surface area contributed by atoms with Crippen LogP contribution in [0.4, 0.5) is 0 Å². The second-order valence-electron chi connectivity index (χ2n) is 9.59. The zero-order valence-corrected chi connectivity index (χ0v) is 23.1. The molecule has 11 heteroatoms. The summed E-state index contributed by atoms with van der Waals surface area (Å²) in [6.07, 6.45) is 2.91. The number of aromatic nitrogens is 4. The Morgan fingerprint density at radius 2 is 1.76 bits per heavy atom. The average molecular weight is 572 g/mol. The number of primary amides is 1. The van der Waals surface area contributed by atoms with Crippen molar-refractivity contribution in [2.24, 2.45) is 5.73 Å². The fraction of sp³-hybridized carbons (Fsp3) is 0.200. The Morgan fingerprint density at radius 3 is 2.46 bits per heavy atom. The van der Waals surface area contributed by atoms with E-state index in [-0.39, 0.29) is 11.5 Å². The van der Waals surface area contributed by atoms with Gasteiger partial charge in [-0.3, -0.25) is 14.3 Å². The average Bonchev–Trinajstić information content (AvgIpc) is 3.30. The number of nitrogens with two attached hydrogens (primary N) is 1. The van der Waals surface area contributed by atoms with Gasteiger partial charge in [0.25, 0.3) is 11.5 Å². The summed E-state index contributed by atoms with van der Waals surface area (Å²) < 4.78 is 20.3. The molecular formula is C30H26ClN5O5. The third-order valence-corrected chi connectivity index (χ3v) is 7.59. The molecule has 0 saturated heterocycles. The first-order valence-electron chi connectivity index (χ1n) is 13.0. The topological polar surface area (TPSA) is 123 Å². The van der Waals surface area contributed by atoms with Crippen molar-refractivity contribution < 1.29 is 19.0 Å². The van der Waals surface area contributed by atoms with E-state index in [2.05, 4.69) is 9.97 Å². The number of methoxy groups -OCH3 is 2. The van der Waals surface area contributed by atoms with E-state index >= 15 is 0 Å². The largest absolute Gasteiger partial charge is 0.493 e. The molecule has 6 rings (SSSR count). The fourth-order valence-corrected chi connectivity index (χ4v) is 5.69. The molecular weight excluding hydrogens is 546 g/mol. The van der Waals surface area contributed by atoms with E-state index in [9.17, 15) is 9.59 Å². The number of fused-ring (bicyclic) bond motifs is 2. The van der Waals surface area contributed by atoms with Crippen LogP contribution in [-0.4, -0.2) is 39.5 Å². The fourth-order valence-electron chi connectivity index (χ4n) is 5.46. The van der Waals surface area contributed by atoms with E-state index in [0.29, 0.717) is 63.4 Å². The Kier molecular flexibility index (Phi) is 6.84. The molecule has 0 spiro atoms. The number of hydrogen-bond donors (Lipinski definition) is 1. The molecule has 2 N–H and O–H groups in total. The van der Waals surface area contributed by atoms with E-state index in [0.717, 1.165) is 12.0 Å². The smallest absolute Gasteiger partial charge is 0.284 e. The predicted octanol–water partition coefficient (Wildman–Crippen LogP) is 5.07. The molecule has 3 heterocycles. The maximum atomic E-state index is 13.5. The van der Waals surface area contributed by atoms with Crippen LogP contribution in [0.2, 0.25) is 5.02 Å². The van der Waals surface area contributed by atoms with Gasteiger partial charge in [-0.1, -0.05) is 35.9 Å². The Hall–Kier alpha value is -4.83. The summed E-state index contributed by atoms with van der Waals surface area (Å²) in [4.78, 5) is 34.6. The second kappa shape index (κ2) is 10.6. The minimum atomic E-state index is -0.755. The van der Waals surface area contributed by atoms with Gasteiger partial charge in [-0.25, -0.2) is 14.6 Å². The van der Waals surface area contributed by atoms with E-state index in [4.69, 9.17) is 31.5 Å². The highest BCUT2D eigenvalue weighted by molar-refractivity contribution is 6.32. The standard InChI is InChI=1S/C30H26ClN5O5/c1-39-24-14-20-22(15-25(24)40-2)33-16-34-29(20)41-23-11-10-17(13-21(23)31)19-9-6-12-35-27(19)26(28(32)37)30(38)36(35)18-7-4-3-5-8-18/h3-5,7-8,10-11,13-16,19H,6,9,12H2,1-2H3,(H2,32,37). The molecule has 0 bridgehead atoms. The Labute approximate surface area is 239 Å². The molecule has 2 aromatic heterocycles. The Bertz CT molecular complexity index is 1850. The second-order valence-corrected chi connectivity index (χ2v) is 10.00. The summed E-state index contributed by atoms with van der Waals surface area (Å²) in [6.45, 7) is 0.577. The summed E-state index contributed by atoms with van der Waals surface area (Å²) in [6, 6.07) is 18.1. The number of rotatable bonds is 7. The monoisotopic (exact) mass is 571 g/mol. The van der Waals surface area contributed by atoms with Crippen LogP contribution in [0, 0.1) is 0 Å². The molecule has 1 amide bonds. The van der Waals surface area contributed by atoms with Crippen LogP contribution >= 0.6 is 11.6 Å². The minimum absolute atomic E-state index is 0.00756. The lowest BCUT2D eigenvalue weighted by molar-refractivity contribution is 0.0997. The zero-order valence-electron chi connectivity index (χ0n) is 22.3. The van der Waals surface area contributed by atoms with Crippen molar-refractivity contribution in [2.75, 3.05) is 14.2 Å². The first kappa shape index (κ1) is 26.4. The Balaban J connectivity index is 1.39. The summed E-state index contributed by atoms with van der Waals surface area (Å²) in [5.41, 5.74) is 8.02. The van der Waals surface area contributed by atoms with Gasteiger partial charge < -0.3 is 19.9 Å². The molecule has 1 unspecified atom stereocenters. The number of carbonyl (C=O) groups excluding carboxylic acids is 1. The van der Waals surface area contributed by atoms with Gasteiger partial charge in [-0.05, 0) is 48.7 Å². The molecule has 1 aliphatic heterocycles. The normalized spacial score (nSPS) is 14.5.